The number of hydrogen-bond donors (Lipinski definition) is 1. The smallest absolute Gasteiger partial charge is 0.246 e. The van der Waals surface area contributed by atoms with Crippen molar-refractivity contribution >= 4 is 17.7 Å². The van der Waals surface area contributed by atoms with Crippen molar-refractivity contribution in [3.8, 4) is 0 Å². The molecule has 0 bridgehead atoms. The van der Waals surface area contributed by atoms with Gasteiger partial charge in [-0.1, -0.05) is 19.0 Å². The standard InChI is InChI=1S/C13H23N5OS/c1-9(2)11-8-18(5-6-20-11)13(14-4)15-7-12-16-10(3)17-19-12/h9,11H,5-8H2,1-4H3,(H,14,15). The van der Waals surface area contributed by atoms with E-state index in [0.717, 1.165) is 24.8 Å². The molecule has 0 spiro atoms. The van der Waals surface area contributed by atoms with Crippen LogP contribution in [0.1, 0.15) is 25.6 Å². The SMILES string of the molecule is CN=C(NCc1nc(C)no1)N1CCSC(C(C)C)C1. The van der Waals surface area contributed by atoms with Crippen LogP contribution < -0.4 is 5.32 Å². The Bertz CT molecular complexity index is 459. The molecule has 112 valence electrons. The Hall–Kier alpha value is -1.24. The number of rotatable bonds is 3. The maximum atomic E-state index is 5.10. The summed E-state index contributed by atoms with van der Waals surface area (Å²) in [6.07, 6.45) is 0. The van der Waals surface area contributed by atoms with E-state index in [1.54, 1.807) is 0 Å². The Morgan fingerprint density at radius 2 is 2.40 bits per heavy atom. The van der Waals surface area contributed by atoms with Gasteiger partial charge in [-0.2, -0.15) is 16.7 Å². The van der Waals surface area contributed by atoms with Gasteiger partial charge in [0, 0.05) is 31.1 Å². The maximum Gasteiger partial charge on any atom is 0.246 e. The second-order valence-corrected chi connectivity index (χ2v) is 6.58. The number of thioether (sulfide) groups is 1. The summed E-state index contributed by atoms with van der Waals surface area (Å²) in [6, 6.07) is 0. The lowest BCUT2D eigenvalue weighted by atomic mass is 10.1. The molecule has 1 N–H and O–H groups in total. The number of nitrogens with zero attached hydrogens (tertiary/aromatic N) is 4. The first kappa shape index (κ1) is 15.2. The molecule has 1 aliphatic rings. The topological polar surface area (TPSA) is 66.5 Å². The molecule has 0 aromatic carbocycles. The molecule has 7 heteroatoms. The van der Waals surface area contributed by atoms with Crippen LogP contribution in [0.15, 0.2) is 9.52 Å². The van der Waals surface area contributed by atoms with Gasteiger partial charge in [0.1, 0.15) is 0 Å². The van der Waals surface area contributed by atoms with Crippen LogP contribution in [0.2, 0.25) is 0 Å². The third-order valence-electron chi connectivity index (χ3n) is 3.32. The minimum absolute atomic E-state index is 0.517. The van der Waals surface area contributed by atoms with Gasteiger partial charge in [-0.05, 0) is 12.8 Å². The van der Waals surface area contributed by atoms with E-state index in [1.807, 2.05) is 14.0 Å². The van der Waals surface area contributed by atoms with Crippen molar-refractivity contribution in [3.05, 3.63) is 11.7 Å². The van der Waals surface area contributed by atoms with Crippen LogP contribution in [-0.4, -0.2) is 52.1 Å². The van der Waals surface area contributed by atoms with Crippen molar-refractivity contribution in [2.75, 3.05) is 25.9 Å². The molecule has 1 aliphatic heterocycles. The second-order valence-electron chi connectivity index (χ2n) is 5.24. The van der Waals surface area contributed by atoms with Crippen LogP contribution in [0.3, 0.4) is 0 Å². The van der Waals surface area contributed by atoms with Gasteiger partial charge in [0.05, 0.1) is 6.54 Å². The zero-order valence-corrected chi connectivity index (χ0v) is 13.4. The molecule has 1 fully saturated rings. The third kappa shape index (κ3) is 3.88. The summed E-state index contributed by atoms with van der Waals surface area (Å²) in [5.41, 5.74) is 0. The van der Waals surface area contributed by atoms with E-state index < -0.39 is 0 Å². The van der Waals surface area contributed by atoms with E-state index in [0.29, 0.717) is 29.4 Å². The normalized spacial score (nSPS) is 20.6. The summed E-state index contributed by atoms with van der Waals surface area (Å²) in [5.74, 6) is 3.98. The fourth-order valence-electron chi connectivity index (χ4n) is 2.17. The van der Waals surface area contributed by atoms with Gasteiger partial charge in [-0.3, -0.25) is 4.99 Å². The molecule has 20 heavy (non-hydrogen) atoms. The average molecular weight is 297 g/mol. The van der Waals surface area contributed by atoms with Crippen molar-refractivity contribution in [1.29, 1.82) is 0 Å². The maximum absolute atomic E-state index is 5.10. The number of aromatic nitrogens is 2. The molecule has 1 unspecified atom stereocenters. The quantitative estimate of drug-likeness (QED) is 0.674. The Balaban J connectivity index is 1.91. The monoisotopic (exact) mass is 297 g/mol. The lowest BCUT2D eigenvalue weighted by molar-refractivity contribution is 0.357. The fourth-order valence-corrected chi connectivity index (χ4v) is 3.47. The molecule has 0 aliphatic carbocycles. The van der Waals surface area contributed by atoms with Gasteiger partial charge in [-0.25, -0.2) is 0 Å². The predicted octanol–water partition coefficient (Wildman–Crippen LogP) is 1.53. The van der Waals surface area contributed by atoms with Crippen molar-refractivity contribution in [1.82, 2.24) is 20.4 Å². The molecule has 0 amide bonds. The molecule has 6 nitrogen and oxygen atoms in total. The minimum Gasteiger partial charge on any atom is -0.347 e. The highest BCUT2D eigenvalue weighted by Gasteiger charge is 2.24. The summed E-state index contributed by atoms with van der Waals surface area (Å²) in [4.78, 5) is 10.9. The Labute approximate surface area is 124 Å². The molecule has 1 aromatic rings. The van der Waals surface area contributed by atoms with Gasteiger partial charge in [0.2, 0.25) is 5.89 Å². The van der Waals surface area contributed by atoms with Crippen molar-refractivity contribution in [2.24, 2.45) is 10.9 Å². The first-order chi connectivity index (χ1) is 9.60. The van der Waals surface area contributed by atoms with E-state index in [4.69, 9.17) is 4.52 Å². The second kappa shape index (κ2) is 6.97. The first-order valence-electron chi connectivity index (χ1n) is 6.96. The molecule has 1 saturated heterocycles. The number of aliphatic imine (C=N–C) groups is 1. The van der Waals surface area contributed by atoms with Gasteiger partial charge in [0.15, 0.2) is 11.8 Å². The number of nitrogens with one attached hydrogen (secondary N) is 1. The van der Waals surface area contributed by atoms with Gasteiger partial charge in [-0.15, -0.1) is 0 Å². The van der Waals surface area contributed by atoms with E-state index in [1.165, 1.54) is 0 Å². The Morgan fingerprint density at radius 1 is 1.60 bits per heavy atom. The summed E-state index contributed by atoms with van der Waals surface area (Å²) in [7, 11) is 1.81. The first-order valence-corrected chi connectivity index (χ1v) is 8.01. The van der Waals surface area contributed by atoms with Gasteiger partial charge < -0.3 is 14.7 Å². The van der Waals surface area contributed by atoms with Crippen LogP contribution in [0, 0.1) is 12.8 Å². The van der Waals surface area contributed by atoms with E-state index in [2.05, 4.69) is 51.0 Å². The van der Waals surface area contributed by atoms with Crippen molar-refractivity contribution < 1.29 is 4.52 Å². The number of aryl methyl sites for hydroxylation is 1. The lowest BCUT2D eigenvalue weighted by Gasteiger charge is -2.36. The highest BCUT2D eigenvalue weighted by Crippen LogP contribution is 2.24. The Morgan fingerprint density at radius 3 is 3.00 bits per heavy atom. The average Bonchev–Trinajstić information content (AvgIpc) is 2.85. The van der Waals surface area contributed by atoms with Gasteiger partial charge >= 0.3 is 0 Å². The van der Waals surface area contributed by atoms with E-state index in [-0.39, 0.29) is 0 Å². The highest BCUT2D eigenvalue weighted by atomic mass is 32.2. The van der Waals surface area contributed by atoms with E-state index >= 15 is 0 Å². The lowest BCUT2D eigenvalue weighted by Crippen LogP contribution is -2.48. The molecular weight excluding hydrogens is 274 g/mol. The minimum atomic E-state index is 0.517. The van der Waals surface area contributed by atoms with Gasteiger partial charge in [0.25, 0.3) is 0 Å². The zero-order chi connectivity index (χ0) is 14.5. The summed E-state index contributed by atoms with van der Waals surface area (Å²) in [5, 5.41) is 7.74. The van der Waals surface area contributed by atoms with Crippen molar-refractivity contribution in [3.63, 3.8) is 0 Å². The van der Waals surface area contributed by atoms with Crippen LogP contribution in [0.25, 0.3) is 0 Å². The van der Waals surface area contributed by atoms with Crippen LogP contribution in [0.5, 0.6) is 0 Å². The summed E-state index contributed by atoms with van der Waals surface area (Å²) in [6.45, 7) is 8.94. The largest absolute Gasteiger partial charge is 0.347 e. The molecule has 2 heterocycles. The zero-order valence-electron chi connectivity index (χ0n) is 12.6. The number of hydrogen-bond acceptors (Lipinski definition) is 5. The third-order valence-corrected chi connectivity index (χ3v) is 4.86. The molecule has 2 rings (SSSR count). The molecule has 1 atom stereocenters. The Kier molecular flexibility index (Phi) is 5.28. The summed E-state index contributed by atoms with van der Waals surface area (Å²) >= 11 is 2.06. The van der Waals surface area contributed by atoms with Crippen molar-refractivity contribution in [2.45, 2.75) is 32.6 Å². The molecule has 0 saturated carbocycles. The predicted molar refractivity (Wildman–Crippen MR) is 81.9 cm³/mol. The number of guanidine groups is 1. The fraction of sp³-hybridized carbons (Fsp3) is 0.769. The van der Waals surface area contributed by atoms with Crippen LogP contribution in [-0.2, 0) is 6.54 Å². The molecule has 0 radical (unpaired) electrons. The summed E-state index contributed by atoms with van der Waals surface area (Å²) < 4.78 is 5.10. The highest BCUT2D eigenvalue weighted by molar-refractivity contribution is 8.00. The van der Waals surface area contributed by atoms with E-state index in [9.17, 15) is 0 Å². The molecule has 1 aromatic heterocycles. The molecular formula is C13H23N5OS. The van der Waals surface area contributed by atoms with Crippen LogP contribution in [0.4, 0.5) is 0 Å². The van der Waals surface area contributed by atoms with Crippen LogP contribution >= 0.6 is 11.8 Å².